The van der Waals surface area contributed by atoms with Crippen LogP contribution >= 0.6 is 0 Å². The number of fused-ring (bicyclic) bond motifs is 1. The molecule has 0 heterocycles. The van der Waals surface area contributed by atoms with Crippen LogP contribution < -0.4 is 5.73 Å². The Kier molecular flexibility index (Phi) is 4.97. The number of hydrogen-bond donors (Lipinski definition) is 1. The summed E-state index contributed by atoms with van der Waals surface area (Å²) in [6.07, 6.45) is 6.26. The van der Waals surface area contributed by atoms with Gasteiger partial charge in [0, 0.05) is 11.3 Å². The van der Waals surface area contributed by atoms with E-state index in [4.69, 9.17) is 5.73 Å². The van der Waals surface area contributed by atoms with E-state index in [0.29, 0.717) is 0 Å². The molecule has 0 saturated heterocycles. The summed E-state index contributed by atoms with van der Waals surface area (Å²) in [5.41, 5.74) is 11.1. The van der Waals surface area contributed by atoms with Crippen molar-refractivity contribution >= 4 is 16.5 Å². The monoisotopic (exact) mass is 303 g/mol. The molecule has 3 aromatic carbocycles. The zero-order valence-corrected chi connectivity index (χ0v) is 13.9. The Bertz CT molecular complexity index is 789. The summed E-state index contributed by atoms with van der Waals surface area (Å²) in [6.45, 7) is 2.25. The van der Waals surface area contributed by atoms with E-state index in [9.17, 15) is 0 Å². The molecule has 0 aliphatic carbocycles. The van der Waals surface area contributed by atoms with E-state index in [0.717, 1.165) is 12.1 Å². The first-order valence-corrected chi connectivity index (χ1v) is 8.66. The average Bonchev–Trinajstić information content (AvgIpc) is 2.59. The largest absolute Gasteiger partial charge is 0.398 e. The Balaban J connectivity index is 2.04. The van der Waals surface area contributed by atoms with Crippen LogP contribution in [-0.2, 0) is 6.42 Å². The average molecular weight is 303 g/mol. The fourth-order valence-electron chi connectivity index (χ4n) is 3.31. The number of hydrogen-bond acceptors (Lipinski definition) is 1. The summed E-state index contributed by atoms with van der Waals surface area (Å²) < 4.78 is 0. The smallest absolute Gasteiger partial charge is 0.0400 e. The number of benzene rings is 3. The van der Waals surface area contributed by atoms with E-state index in [1.165, 1.54) is 53.1 Å². The minimum atomic E-state index is 0.865. The maximum absolute atomic E-state index is 6.36. The Morgan fingerprint density at radius 3 is 2.43 bits per heavy atom. The van der Waals surface area contributed by atoms with Gasteiger partial charge in [-0.15, -0.1) is 0 Å². The molecule has 0 aliphatic rings. The molecule has 0 atom stereocenters. The zero-order chi connectivity index (χ0) is 16.1. The van der Waals surface area contributed by atoms with Gasteiger partial charge in [0.05, 0.1) is 0 Å². The van der Waals surface area contributed by atoms with Gasteiger partial charge in [0.2, 0.25) is 0 Å². The highest BCUT2D eigenvalue weighted by molar-refractivity contribution is 6.02. The fraction of sp³-hybridized carbons (Fsp3) is 0.273. The van der Waals surface area contributed by atoms with Crippen molar-refractivity contribution in [3.8, 4) is 11.1 Å². The SMILES string of the molecule is CCCCCCc1ccccc1-c1c(N)ccc2ccccc12. The second-order valence-electron chi connectivity index (χ2n) is 6.22. The van der Waals surface area contributed by atoms with E-state index in [1.807, 2.05) is 6.07 Å². The van der Waals surface area contributed by atoms with Crippen LogP contribution in [-0.4, -0.2) is 0 Å². The molecule has 0 aromatic heterocycles. The van der Waals surface area contributed by atoms with Gasteiger partial charge in [0.15, 0.2) is 0 Å². The van der Waals surface area contributed by atoms with Gasteiger partial charge in [0.25, 0.3) is 0 Å². The molecular formula is C22H25N. The van der Waals surface area contributed by atoms with Crippen molar-refractivity contribution in [2.45, 2.75) is 39.0 Å². The van der Waals surface area contributed by atoms with Gasteiger partial charge in [-0.25, -0.2) is 0 Å². The van der Waals surface area contributed by atoms with Gasteiger partial charge in [-0.1, -0.05) is 80.8 Å². The van der Waals surface area contributed by atoms with Gasteiger partial charge in [-0.2, -0.15) is 0 Å². The molecule has 0 radical (unpaired) electrons. The predicted octanol–water partition coefficient (Wildman–Crippen LogP) is 6.21. The maximum atomic E-state index is 6.36. The van der Waals surface area contributed by atoms with Crippen LogP contribution in [0.2, 0.25) is 0 Å². The number of rotatable bonds is 6. The van der Waals surface area contributed by atoms with Crippen LogP contribution in [0.5, 0.6) is 0 Å². The molecule has 118 valence electrons. The van der Waals surface area contributed by atoms with Gasteiger partial charge < -0.3 is 5.73 Å². The molecule has 3 aromatic rings. The molecule has 0 aliphatic heterocycles. The molecule has 0 unspecified atom stereocenters. The topological polar surface area (TPSA) is 26.0 Å². The van der Waals surface area contributed by atoms with Crippen molar-refractivity contribution in [1.29, 1.82) is 0 Å². The summed E-state index contributed by atoms with van der Waals surface area (Å²) >= 11 is 0. The van der Waals surface area contributed by atoms with Crippen LogP contribution in [0.1, 0.15) is 38.2 Å². The van der Waals surface area contributed by atoms with Crippen molar-refractivity contribution in [2.24, 2.45) is 0 Å². The van der Waals surface area contributed by atoms with Gasteiger partial charge in [0.1, 0.15) is 0 Å². The Morgan fingerprint density at radius 1 is 0.783 bits per heavy atom. The lowest BCUT2D eigenvalue weighted by Crippen LogP contribution is -1.96. The van der Waals surface area contributed by atoms with E-state index in [2.05, 4.69) is 61.5 Å². The van der Waals surface area contributed by atoms with E-state index >= 15 is 0 Å². The summed E-state index contributed by atoms with van der Waals surface area (Å²) in [4.78, 5) is 0. The lowest BCUT2D eigenvalue weighted by molar-refractivity contribution is 0.667. The number of aryl methyl sites for hydroxylation is 1. The van der Waals surface area contributed by atoms with E-state index < -0.39 is 0 Å². The first-order valence-electron chi connectivity index (χ1n) is 8.66. The highest BCUT2D eigenvalue weighted by Crippen LogP contribution is 2.36. The highest BCUT2D eigenvalue weighted by Gasteiger charge is 2.11. The zero-order valence-electron chi connectivity index (χ0n) is 13.9. The van der Waals surface area contributed by atoms with E-state index in [-0.39, 0.29) is 0 Å². The number of unbranched alkanes of at least 4 members (excludes halogenated alkanes) is 3. The van der Waals surface area contributed by atoms with Gasteiger partial charge >= 0.3 is 0 Å². The molecular weight excluding hydrogens is 278 g/mol. The molecule has 2 N–H and O–H groups in total. The quantitative estimate of drug-likeness (QED) is 0.425. The van der Waals surface area contributed by atoms with Crippen LogP contribution in [0.4, 0.5) is 5.69 Å². The molecule has 1 heteroatoms. The second-order valence-corrected chi connectivity index (χ2v) is 6.22. The maximum Gasteiger partial charge on any atom is 0.0400 e. The van der Waals surface area contributed by atoms with Crippen LogP contribution in [0, 0.1) is 0 Å². The van der Waals surface area contributed by atoms with Crippen molar-refractivity contribution in [3.05, 3.63) is 66.2 Å². The Labute approximate surface area is 139 Å². The van der Waals surface area contributed by atoms with Gasteiger partial charge in [-0.3, -0.25) is 0 Å². The lowest BCUT2D eigenvalue weighted by Gasteiger charge is -2.15. The molecule has 0 saturated carbocycles. The van der Waals surface area contributed by atoms with Crippen molar-refractivity contribution in [2.75, 3.05) is 5.73 Å². The van der Waals surface area contributed by atoms with Crippen LogP contribution in [0.3, 0.4) is 0 Å². The van der Waals surface area contributed by atoms with Crippen molar-refractivity contribution < 1.29 is 0 Å². The molecule has 0 spiro atoms. The molecule has 0 fully saturated rings. The lowest BCUT2D eigenvalue weighted by atomic mass is 9.91. The third-order valence-corrected chi connectivity index (χ3v) is 4.55. The number of anilines is 1. The standard InChI is InChI=1S/C22H25N/c1-2-3-4-5-10-17-11-6-8-13-19(17)22-20-14-9-7-12-18(20)15-16-21(22)23/h6-9,11-16H,2-5,10,23H2,1H3. The third-order valence-electron chi connectivity index (χ3n) is 4.55. The summed E-state index contributed by atoms with van der Waals surface area (Å²) in [7, 11) is 0. The van der Waals surface area contributed by atoms with Crippen LogP contribution in [0.15, 0.2) is 60.7 Å². The highest BCUT2D eigenvalue weighted by atomic mass is 14.6. The normalized spacial score (nSPS) is 11.0. The van der Waals surface area contributed by atoms with Crippen molar-refractivity contribution in [1.82, 2.24) is 0 Å². The fourth-order valence-corrected chi connectivity index (χ4v) is 3.31. The summed E-state index contributed by atoms with van der Waals surface area (Å²) in [6, 6.07) is 21.4. The van der Waals surface area contributed by atoms with E-state index in [1.54, 1.807) is 0 Å². The first kappa shape index (κ1) is 15.6. The summed E-state index contributed by atoms with van der Waals surface area (Å²) in [5.74, 6) is 0. The Morgan fingerprint density at radius 2 is 1.57 bits per heavy atom. The number of nitrogen functional groups attached to an aromatic ring is 1. The molecule has 1 nitrogen and oxygen atoms in total. The molecule has 23 heavy (non-hydrogen) atoms. The summed E-state index contributed by atoms with van der Waals surface area (Å²) in [5, 5.41) is 2.49. The second kappa shape index (κ2) is 7.32. The Hall–Kier alpha value is -2.28. The molecule has 0 bridgehead atoms. The minimum Gasteiger partial charge on any atom is -0.398 e. The first-order chi connectivity index (χ1) is 11.3. The molecule has 0 amide bonds. The predicted molar refractivity (Wildman–Crippen MR) is 102 cm³/mol. The minimum absolute atomic E-state index is 0.865. The number of nitrogens with two attached hydrogens (primary N) is 1. The van der Waals surface area contributed by atoms with Gasteiger partial charge in [-0.05, 0) is 40.8 Å². The third kappa shape index (κ3) is 3.39. The van der Waals surface area contributed by atoms with Crippen LogP contribution in [0.25, 0.3) is 21.9 Å². The van der Waals surface area contributed by atoms with Crippen molar-refractivity contribution in [3.63, 3.8) is 0 Å². The molecule has 3 rings (SSSR count).